The van der Waals surface area contributed by atoms with E-state index >= 15 is 0 Å². The van der Waals surface area contributed by atoms with Gasteiger partial charge in [0.2, 0.25) is 0 Å². The van der Waals surface area contributed by atoms with Crippen molar-refractivity contribution in [3.63, 3.8) is 0 Å². The average Bonchev–Trinajstić information content (AvgIpc) is 2.15. The molecule has 2 N–H and O–H groups in total. The molecule has 0 aliphatic carbocycles. The lowest BCUT2D eigenvalue weighted by Crippen LogP contribution is -1.97. The molecule has 11 heavy (non-hydrogen) atoms. The smallest absolute Gasteiger partial charge is 0.103 e. The lowest BCUT2D eigenvalue weighted by molar-refractivity contribution is 0.531. The molecule has 0 spiro atoms. The molecule has 1 rings (SSSR count). The van der Waals surface area contributed by atoms with Crippen LogP contribution in [0, 0.1) is 13.8 Å². The molecule has 4 nitrogen and oxygen atoms in total. The Morgan fingerprint density at radius 2 is 2.09 bits per heavy atom. The molecule has 1 aromatic rings. The molecule has 0 fully saturated rings. The summed E-state index contributed by atoms with van der Waals surface area (Å²) in [6.45, 7) is 3.98. The molecule has 64 valence electrons. The zero-order valence-electron chi connectivity index (χ0n) is 6.37. The summed E-state index contributed by atoms with van der Waals surface area (Å²) in [5.41, 5.74) is 1.22. The van der Waals surface area contributed by atoms with Crippen molar-refractivity contribution in [3.05, 3.63) is 23.7 Å². The van der Waals surface area contributed by atoms with Crippen LogP contribution in [-0.2, 0) is 11.3 Å². The third-order valence-electron chi connectivity index (χ3n) is 1.12. The number of aryl methyl sites for hydroxylation is 2. The standard InChI is InChI=1S/C6H8O.H3NO2S/c1-5-3-4-7-6(5)2;1-4(2)3/h3-4H,1-2H3;1H2,(H,2,3)/p-1. The maximum Gasteiger partial charge on any atom is 0.103 e. The second-order valence-electron chi connectivity index (χ2n) is 1.92. The van der Waals surface area contributed by atoms with Crippen molar-refractivity contribution in [2.45, 2.75) is 13.8 Å². The molecule has 0 amide bonds. The summed E-state index contributed by atoms with van der Waals surface area (Å²) >= 11 is -2.36. The Morgan fingerprint density at radius 1 is 1.64 bits per heavy atom. The van der Waals surface area contributed by atoms with Gasteiger partial charge in [0.15, 0.2) is 0 Å². The Kier molecular flexibility index (Phi) is 4.76. The number of rotatable bonds is 0. The first-order valence-corrected chi connectivity index (χ1v) is 4.02. The van der Waals surface area contributed by atoms with Crippen molar-refractivity contribution in [1.82, 2.24) is 0 Å². The van der Waals surface area contributed by atoms with Gasteiger partial charge in [-0.1, -0.05) is 0 Å². The van der Waals surface area contributed by atoms with Gasteiger partial charge < -0.3 is 8.97 Å². The summed E-state index contributed by atoms with van der Waals surface area (Å²) in [7, 11) is 0. The fraction of sp³-hybridized carbons (Fsp3) is 0.333. The van der Waals surface area contributed by atoms with Crippen molar-refractivity contribution < 1.29 is 13.2 Å². The van der Waals surface area contributed by atoms with Gasteiger partial charge >= 0.3 is 0 Å². The average molecular weight is 176 g/mol. The molecule has 0 aliphatic heterocycles. The minimum absolute atomic E-state index is 1.01. The molecule has 5 heteroatoms. The largest absolute Gasteiger partial charge is 0.760 e. The van der Waals surface area contributed by atoms with Gasteiger partial charge in [-0.05, 0) is 25.5 Å². The first kappa shape index (κ1) is 10.3. The van der Waals surface area contributed by atoms with Crippen LogP contribution in [0.25, 0.3) is 0 Å². The fourth-order valence-corrected chi connectivity index (χ4v) is 0.448. The van der Waals surface area contributed by atoms with Gasteiger partial charge in [-0.25, -0.2) is 0 Å². The first-order chi connectivity index (χ1) is 5.04. The van der Waals surface area contributed by atoms with E-state index in [-0.39, 0.29) is 0 Å². The van der Waals surface area contributed by atoms with Crippen LogP contribution < -0.4 is 5.14 Å². The van der Waals surface area contributed by atoms with Crippen molar-refractivity contribution >= 4 is 11.3 Å². The third-order valence-corrected chi connectivity index (χ3v) is 1.12. The molecule has 0 saturated heterocycles. The van der Waals surface area contributed by atoms with E-state index in [4.69, 9.17) is 13.2 Å². The molecule has 0 aromatic carbocycles. The third kappa shape index (κ3) is 5.78. The number of furan rings is 1. The van der Waals surface area contributed by atoms with Gasteiger partial charge in [0, 0.05) is 11.3 Å². The molecule has 0 bridgehead atoms. The molecule has 0 aliphatic rings. The fourth-order valence-electron chi connectivity index (χ4n) is 0.448. The maximum atomic E-state index is 8.78. The summed E-state index contributed by atoms with van der Waals surface area (Å²) < 4.78 is 22.5. The molecule has 0 radical (unpaired) electrons. The van der Waals surface area contributed by atoms with E-state index in [1.54, 1.807) is 6.26 Å². The normalized spacial score (nSPS) is 11.6. The van der Waals surface area contributed by atoms with Gasteiger partial charge in [-0.15, -0.1) is 0 Å². The van der Waals surface area contributed by atoms with E-state index in [2.05, 4.69) is 5.14 Å². The lowest BCUT2D eigenvalue weighted by atomic mass is 10.3. The van der Waals surface area contributed by atoms with Gasteiger partial charge in [-0.2, -0.15) is 0 Å². The second kappa shape index (κ2) is 5.06. The highest BCUT2D eigenvalue weighted by molar-refractivity contribution is 7.76. The van der Waals surface area contributed by atoms with Gasteiger partial charge in [0.1, 0.15) is 5.76 Å². The minimum Gasteiger partial charge on any atom is -0.760 e. The highest BCUT2D eigenvalue weighted by atomic mass is 32.2. The SMILES string of the molecule is Cc1ccoc1C.NS(=O)[O-]. The molecule has 0 saturated carbocycles. The number of hydrogen-bond donors (Lipinski definition) is 1. The van der Waals surface area contributed by atoms with Crippen LogP contribution in [0.1, 0.15) is 11.3 Å². The Hall–Kier alpha value is -0.650. The van der Waals surface area contributed by atoms with E-state index in [0.717, 1.165) is 5.76 Å². The summed E-state index contributed by atoms with van der Waals surface area (Å²) in [4.78, 5) is 0. The molecule has 1 atom stereocenters. The van der Waals surface area contributed by atoms with E-state index in [1.165, 1.54) is 5.56 Å². The second-order valence-corrected chi connectivity index (χ2v) is 2.44. The molecule has 1 unspecified atom stereocenters. The Balaban J connectivity index is 0.000000218. The molecule has 1 aromatic heterocycles. The van der Waals surface area contributed by atoms with Crippen LogP contribution in [0.5, 0.6) is 0 Å². The van der Waals surface area contributed by atoms with Gasteiger partial charge in [0.25, 0.3) is 0 Å². The highest BCUT2D eigenvalue weighted by Gasteiger charge is 1.88. The molecular weight excluding hydrogens is 166 g/mol. The maximum absolute atomic E-state index is 8.78. The first-order valence-electron chi connectivity index (χ1n) is 2.88. The predicted molar refractivity (Wildman–Crippen MR) is 41.3 cm³/mol. The van der Waals surface area contributed by atoms with Crippen LogP contribution in [0.2, 0.25) is 0 Å². The Bertz CT molecular complexity index is 213. The lowest BCUT2D eigenvalue weighted by Gasteiger charge is -1.85. The topological polar surface area (TPSA) is 79.3 Å². The van der Waals surface area contributed by atoms with E-state index in [0.29, 0.717) is 0 Å². The van der Waals surface area contributed by atoms with Gasteiger partial charge in [-0.3, -0.25) is 9.35 Å². The summed E-state index contributed by atoms with van der Waals surface area (Å²) in [5, 5.41) is 4.03. The van der Waals surface area contributed by atoms with E-state index < -0.39 is 11.3 Å². The summed E-state index contributed by atoms with van der Waals surface area (Å²) in [5.74, 6) is 1.01. The van der Waals surface area contributed by atoms with E-state index in [9.17, 15) is 0 Å². The van der Waals surface area contributed by atoms with Crippen molar-refractivity contribution in [2.24, 2.45) is 5.14 Å². The molecule has 1 heterocycles. The van der Waals surface area contributed by atoms with Crippen LogP contribution in [0.15, 0.2) is 16.7 Å². The van der Waals surface area contributed by atoms with Gasteiger partial charge in [0.05, 0.1) is 6.26 Å². The monoisotopic (exact) mass is 176 g/mol. The highest BCUT2D eigenvalue weighted by Crippen LogP contribution is 2.04. The van der Waals surface area contributed by atoms with Crippen molar-refractivity contribution in [2.75, 3.05) is 0 Å². The quantitative estimate of drug-likeness (QED) is 0.589. The van der Waals surface area contributed by atoms with Crippen LogP contribution in [0.4, 0.5) is 0 Å². The van der Waals surface area contributed by atoms with Crippen molar-refractivity contribution in [3.8, 4) is 0 Å². The number of hydrogen-bond acceptors (Lipinski definition) is 3. The minimum atomic E-state index is -2.36. The number of nitrogens with two attached hydrogens (primary N) is 1. The zero-order chi connectivity index (χ0) is 8.85. The Labute approximate surface area is 67.8 Å². The molecular formula is C6H10NO3S-. The van der Waals surface area contributed by atoms with Crippen molar-refractivity contribution in [1.29, 1.82) is 0 Å². The van der Waals surface area contributed by atoms with Crippen LogP contribution >= 0.6 is 0 Å². The predicted octanol–water partition coefficient (Wildman–Crippen LogP) is 0.636. The Morgan fingerprint density at radius 3 is 2.18 bits per heavy atom. The van der Waals surface area contributed by atoms with E-state index in [1.807, 2.05) is 19.9 Å². The summed E-state index contributed by atoms with van der Waals surface area (Å²) in [6, 6.07) is 1.95. The zero-order valence-corrected chi connectivity index (χ0v) is 7.18. The van der Waals surface area contributed by atoms with Crippen LogP contribution in [-0.4, -0.2) is 8.76 Å². The van der Waals surface area contributed by atoms with Crippen LogP contribution in [0.3, 0.4) is 0 Å². The summed E-state index contributed by atoms with van der Waals surface area (Å²) in [6.07, 6.45) is 1.70.